The van der Waals surface area contributed by atoms with E-state index in [1.165, 1.54) is 12.8 Å². The molecule has 9 nitrogen and oxygen atoms in total. The van der Waals surface area contributed by atoms with Crippen molar-refractivity contribution >= 4 is 29.1 Å². The molecule has 0 radical (unpaired) electrons. The Morgan fingerprint density at radius 1 is 0.932 bits per heavy atom. The molecule has 1 aliphatic rings. The van der Waals surface area contributed by atoms with E-state index in [2.05, 4.69) is 38.9 Å². The van der Waals surface area contributed by atoms with Gasteiger partial charge in [-0.15, -0.1) is 0 Å². The van der Waals surface area contributed by atoms with E-state index in [9.17, 15) is 4.79 Å². The molecule has 6 rings (SSSR count). The number of nitrogens with one attached hydrogen (secondary N) is 1. The zero-order valence-electron chi connectivity index (χ0n) is 25.9. The minimum Gasteiger partial charge on any atom is -0.497 e. The number of benzene rings is 3. The SMILES string of the molecule is CC.CC1CCC(n2cnc3c(N)nc(-c4cccc(OCc5ccccc5)c4)nc32)CC1.COc1cccc(NC=O)c1. The maximum atomic E-state index is 10.0. The van der Waals surface area contributed by atoms with Crippen LogP contribution in [0.3, 0.4) is 0 Å². The van der Waals surface area contributed by atoms with E-state index < -0.39 is 0 Å². The molecule has 0 atom stereocenters. The van der Waals surface area contributed by atoms with Crippen molar-refractivity contribution in [3.8, 4) is 22.9 Å². The predicted molar refractivity (Wildman–Crippen MR) is 177 cm³/mol. The Morgan fingerprint density at radius 3 is 2.39 bits per heavy atom. The van der Waals surface area contributed by atoms with E-state index in [0.717, 1.165) is 52.7 Å². The number of anilines is 2. The highest BCUT2D eigenvalue weighted by Crippen LogP contribution is 2.34. The van der Waals surface area contributed by atoms with Crippen LogP contribution in [0.25, 0.3) is 22.6 Å². The van der Waals surface area contributed by atoms with Gasteiger partial charge in [-0.25, -0.2) is 15.0 Å². The summed E-state index contributed by atoms with van der Waals surface area (Å²) in [4.78, 5) is 23.9. The lowest BCUT2D eigenvalue weighted by molar-refractivity contribution is -0.105. The largest absolute Gasteiger partial charge is 0.497 e. The number of nitrogens with zero attached hydrogens (tertiary/aromatic N) is 4. The Labute approximate surface area is 259 Å². The van der Waals surface area contributed by atoms with Crippen LogP contribution in [0.15, 0.2) is 85.2 Å². The van der Waals surface area contributed by atoms with Crippen molar-refractivity contribution in [2.45, 2.75) is 59.1 Å². The summed E-state index contributed by atoms with van der Waals surface area (Å²) in [5, 5.41) is 2.52. The van der Waals surface area contributed by atoms with E-state index in [-0.39, 0.29) is 0 Å². The molecule has 9 heteroatoms. The summed E-state index contributed by atoms with van der Waals surface area (Å²) in [5.41, 5.74) is 10.5. The first-order chi connectivity index (χ1) is 21.5. The number of methoxy groups -OCH3 is 1. The van der Waals surface area contributed by atoms with Crippen LogP contribution in [0, 0.1) is 5.92 Å². The monoisotopic (exact) mass is 594 g/mol. The highest BCUT2D eigenvalue weighted by molar-refractivity contribution is 5.84. The molecule has 3 aromatic carbocycles. The third kappa shape index (κ3) is 8.34. The van der Waals surface area contributed by atoms with Crippen LogP contribution in [-0.4, -0.2) is 33.0 Å². The van der Waals surface area contributed by atoms with Crippen LogP contribution in [-0.2, 0) is 11.4 Å². The van der Waals surface area contributed by atoms with Gasteiger partial charge in [-0.2, -0.15) is 0 Å². The van der Waals surface area contributed by atoms with E-state index in [1.807, 2.05) is 74.8 Å². The molecule has 0 bridgehead atoms. The number of carbonyl (C=O) groups excluding carboxylic acids is 1. The number of amides is 1. The van der Waals surface area contributed by atoms with Crippen molar-refractivity contribution in [2.75, 3.05) is 18.2 Å². The van der Waals surface area contributed by atoms with E-state index in [4.69, 9.17) is 20.2 Å². The molecule has 2 aromatic heterocycles. The van der Waals surface area contributed by atoms with Gasteiger partial charge in [-0.3, -0.25) is 4.79 Å². The second kappa shape index (κ2) is 16.1. The molecule has 0 unspecified atom stereocenters. The molecule has 2 heterocycles. The first-order valence-corrected chi connectivity index (χ1v) is 15.2. The summed E-state index contributed by atoms with van der Waals surface area (Å²) in [6.07, 6.45) is 7.27. The first-order valence-electron chi connectivity index (χ1n) is 15.2. The third-order valence-corrected chi connectivity index (χ3v) is 7.46. The normalized spacial score (nSPS) is 15.6. The summed E-state index contributed by atoms with van der Waals surface area (Å²) < 4.78 is 13.1. The zero-order valence-corrected chi connectivity index (χ0v) is 25.9. The number of carbonyl (C=O) groups is 1. The molecule has 44 heavy (non-hydrogen) atoms. The van der Waals surface area contributed by atoms with Crippen molar-refractivity contribution in [3.63, 3.8) is 0 Å². The highest BCUT2D eigenvalue weighted by atomic mass is 16.5. The summed E-state index contributed by atoms with van der Waals surface area (Å²) in [6, 6.07) is 25.6. The van der Waals surface area contributed by atoms with E-state index >= 15 is 0 Å². The average molecular weight is 595 g/mol. The van der Waals surface area contributed by atoms with Crippen LogP contribution >= 0.6 is 0 Å². The Kier molecular flexibility index (Phi) is 11.7. The molecule has 0 aliphatic heterocycles. The lowest BCUT2D eigenvalue weighted by Gasteiger charge is -2.27. The number of hydrogen-bond donors (Lipinski definition) is 2. The number of nitrogen functional groups attached to an aromatic ring is 1. The second-order valence-electron chi connectivity index (χ2n) is 10.5. The van der Waals surface area contributed by atoms with Crippen molar-refractivity contribution in [1.82, 2.24) is 19.5 Å². The fraction of sp³-hybridized carbons (Fsp3) is 0.314. The molecular formula is C35H42N6O3. The maximum Gasteiger partial charge on any atom is 0.211 e. The molecular weight excluding hydrogens is 552 g/mol. The number of hydrogen-bond acceptors (Lipinski definition) is 7. The van der Waals surface area contributed by atoms with Gasteiger partial charge >= 0.3 is 0 Å². The van der Waals surface area contributed by atoms with Gasteiger partial charge < -0.3 is 25.1 Å². The molecule has 5 aromatic rings. The summed E-state index contributed by atoms with van der Waals surface area (Å²) in [5.74, 6) is 3.31. The minimum absolute atomic E-state index is 0.415. The minimum atomic E-state index is 0.415. The predicted octanol–water partition coefficient (Wildman–Crippen LogP) is 7.70. The topological polar surface area (TPSA) is 117 Å². The van der Waals surface area contributed by atoms with Gasteiger partial charge in [0.25, 0.3) is 0 Å². The Balaban J connectivity index is 0.000000287. The molecule has 1 fully saturated rings. The van der Waals surface area contributed by atoms with Crippen molar-refractivity contribution in [2.24, 2.45) is 5.92 Å². The molecule has 0 saturated heterocycles. The van der Waals surface area contributed by atoms with Gasteiger partial charge in [-0.05, 0) is 61.4 Å². The number of ether oxygens (including phenoxy) is 2. The molecule has 1 amide bonds. The van der Waals surface area contributed by atoms with Crippen LogP contribution in [0.4, 0.5) is 11.5 Å². The molecule has 0 spiro atoms. The van der Waals surface area contributed by atoms with Gasteiger partial charge in [0.1, 0.15) is 23.6 Å². The lowest BCUT2D eigenvalue weighted by atomic mass is 9.87. The number of rotatable bonds is 8. The summed E-state index contributed by atoms with van der Waals surface area (Å²) in [7, 11) is 1.58. The Bertz CT molecular complexity index is 1610. The Morgan fingerprint density at radius 2 is 1.66 bits per heavy atom. The zero-order chi connectivity index (χ0) is 31.3. The van der Waals surface area contributed by atoms with E-state index in [0.29, 0.717) is 36.2 Å². The van der Waals surface area contributed by atoms with Crippen LogP contribution in [0.5, 0.6) is 11.5 Å². The van der Waals surface area contributed by atoms with Gasteiger partial charge in [0.2, 0.25) is 6.41 Å². The van der Waals surface area contributed by atoms with Gasteiger partial charge in [0.05, 0.1) is 13.4 Å². The van der Waals surface area contributed by atoms with Crippen molar-refractivity contribution in [3.05, 3.63) is 90.8 Å². The number of imidazole rings is 1. The third-order valence-electron chi connectivity index (χ3n) is 7.46. The molecule has 230 valence electrons. The number of fused-ring (bicyclic) bond motifs is 1. The van der Waals surface area contributed by atoms with Crippen LogP contribution < -0.4 is 20.5 Å². The van der Waals surface area contributed by atoms with Gasteiger partial charge in [0.15, 0.2) is 17.3 Å². The fourth-order valence-electron chi connectivity index (χ4n) is 5.10. The smallest absolute Gasteiger partial charge is 0.211 e. The number of aromatic nitrogens is 4. The molecule has 1 saturated carbocycles. The fourth-order valence-corrected chi connectivity index (χ4v) is 5.10. The quantitative estimate of drug-likeness (QED) is 0.177. The number of nitrogens with two attached hydrogens (primary N) is 1. The molecule has 3 N–H and O–H groups in total. The maximum absolute atomic E-state index is 10.0. The summed E-state index contributed by atoms with van der Waals surface area (Å²) in [6.45, 7) is 6.84. The van der Waals surface area contributed by atoms with Crippen LogP contribution in [0.1, 0.15) is 58.1 Å². The van der Waals surface area contributed by atoms with Crippen molar-refractivity contribution < 1.29 is 14.3 Å². The highest BCUT2D eigenvalue weighted by Gasteiger charge is 2.23. The first kappa shape index (κ1) is 32.0. The molecule has 1 aliphatic carbocycles. The van der Waals surface area contributed by atoms with Gasteiger partial charge in [0, 0.05) is 23.4 Å². The lowest BCUT2D eigenvalue weighted by Crippen LogP contribution is -2.16. The Hall–Kier alpha value is -4.92. The average Bonchev–Trinajstić information content (AvgIpc) is 3.51. The summed E-state index contributed by atoms with van der Waals surface area (Å²) >= 11 is 0. The standard InChI is InChI=1S/C25H27N5O.C8H9NO2.C2H6/c1-17-10-12-20(13-11-17)30-16-27-22-23(26)28-24(29-25(22)30)19-8-5-9-21(14-19)31-15-18-6-3-2-4-7-18;1-11-8-4-2-3-7(5-8)9-6-10;1-2/h2-9,14,16-17,20H,10-13,15H2,1H3,(H2,26,28,29);2-6H,1H3,(H,9,10);1-2H3. The van der Waals surface area contributed by atoms with E-state index in [1.54, 1.807) is 19.2 Å². The van der Waals surface area contributed by atoms with Crippen LogP contribution in [0.2, 0.25) is 0 Å². The van der Waals surface area contributed by atoms with Gasteiger partial charge in [-0.1, -0.05) is 69.3 Å². The second-order valence-corrected chi connectivity index (χ2v) is 10.5. The van der Waals surface area contributed by atoms with Crippen molar-refractivity contribution in [1.29, 1.82) is 0 Å².